The van der Waals surface area contributed by atoms with Crippen LogP contribution in [0.15, 0.2) is 97.1 Å². The largest absolute Gasteiger partial charge is 0.457 e. The molecule has 33 heavy (non-hydrogen) atoms. The summed E-state index contributed by atoms with van der Waals surface area (Å²) in [6.45, 7) is 2.02. The van der Waals surface area contributed by atoms with Crippen molar-refractivity contribution in [2.24, 2.45) is 0 Å². The van der Waals surface area contributed by atoms with Crippen molar-refractivity contribution in [1.82, 2.24) is 0 Å². The first-order chi connectivity index (χ1) is 16.0. The monoisotopic (exact) mass is 437 g/mol. The molecule has 4 rings (SSSR count). The maximum Gasteiger partial charge on any atom is 0.255 e. The van der Waals surface area contributed by atoms with E-state index in [0.717, 1.165) is 11.3 Å². The van der Waals surface area contributed by atoms with Crippen LogP contribution in [0.2, 0.25) is 0 Å². The molecule has 0 spiro atoms. The summed E-state index contributed by atoms with van der Waals surface area (Å²) in [7, 11) is 0. The molecule has 0 atom stereocenters. The third-order valence-corrected chi connectivity index (χ3v) is 4.95. The number of hydrogen-bond donors (Lipinski definition) is 3. The van der Waals surface area contributed by atoms with E-state index in [2.05, 4.69) is 10.6 Å². The van der Waals surface area contributed by atoms with Crippen molar-refractivity contribution < 1.29 is 14.3 Å². The molecule has 0 saturated carbocycles. The van der Waals surface area contributed by atoms with E-state index in [9.17, 15) is 9.59 Å². The summed E-state index contributed by atoms with van der Waals surface area (Å²) in [5.74, 6) is 0.928. The second-order valence-corrected chi connectivity index (χ2v) is 7.55. The third kappa shape index (κ3) is 5.77. The SMILES string of the molecule is Cc1ccc(Oc2ccc(NC(=O)c3ccc(NC(=O)c4ccc(N)cc4)cc3)cc2)cc1. The number of carbonyl (C=O) groups excluding carboxylic acids is 2. The topological polar surface area (TPSA) is 93.5 Å². The van der Waals surface area contributed by atoms with Gasteiger partial charge in [0, 0.05) is 28.2 Å². The molecule has 0 saturated heterocycles. The summed E-state index contributed by atoms with van der Waals surface area (Å²) >= 11 is 0. The molecule has 0 aromatic heterocycles. The molecule has 6 nitrogen and oxygen atoms in total. The van der Waals surface area contributed by atoms with Crippen LogP contribution >= 0.6 is 0 Å². The van der Waals surface area contributed by atoms with Gasteiger partial charge < -0.3 is 21.1 Å². The summed E-state index contributed by atoms with van der Waals surface area (Å²) in [5, 5.41) is 5.65. The van der Waals surface area contributed by atoms with Crippen LogP contribution in [-0.4, -0.2) is 11.8 Å². The lowest BCUT2D eigenvalue weighted by molar-refractivity contribution is 0.102. The first-order valence-electron chi connectivity index (χ1n) is 10.4. The molecule has 0 radical (unpaired) electrons. The van der Waals surface area contributed by atoms with E-state index in [0.29, 0.717) is 33.9 Å². The minimum absolute atomic E-state index is 0.250. The molecule has 4 aromatic rings. The summed E-state index contributed by atoms with van der Waals surface area (Å²) in [6.07, 6.45) is 0. The molecule has 4 aromatic carbocycles. The van der Waals surface area contributed by atoms with Crippen LogP contribution in [0.25, 0.3) is 0 Å². The van der Waals surface area contributed by atoms with Crippen molar-refractivity contribution in [3.63, 3.8) is 0 Å². The summed E-state index contributed by atoms with van der Waals surface area (Å²) in [4.78, 5) is 24.9. The van der Waals surface area contributed by atoms with Gasteiger partial charge in [-0.3, -0.25) is 9.59 Å². The average Bonchev–Trinajstić information content (AvgIpc) is 2.82. The number of aryl methyl sites for hydroxylation is 1. The fraction of sp³-hybridized carbons (Fsp3) is 0.0370. The molecule has 0 aliphatic carbocycles. The van der Waals surface area contributed by atoms with Gasteiger partial charge in [-0.25, -0.2) is 0 Å². The maximum absolute atomic E-state index is 12.6. The molecule has 164 valence electrons. The van der Waals surface area contributed by atoms with Crippen LogP contribution in [0.1, 0.15) is 26.3 Å². The van der Waals surface area contributed by atoms with E-state index in [-0.39, 0.29) is 11.8 Å². The Labute approximate surface area is 192 Å². The van der Waals surface area contributed by atoms with E-state index < -0.39 is 0 Å². The van der Waals surface area contributed by atoms with Crippen molar-refractivity contribution >= 4 is 28.9 Å². The lowest BCUT2D eigenvalue weighted by Crippen LogP contribution is -2.13. The van der Waals surface area contributed by atoms with Crippen molar-refractivity contribution in [1.29, 1.82) is 0 Å². The number of anilines is 3. The van der Waals surface area contributed by atoms with E-state index in [1.807, 2.05) is 31.2 Å². The minimum Gasteiger partial charge on any atom is -0.457 e. The van der Waals surface area contributed by atoms with Crippen molar-refractivity contribution in [3.05, 3.63) is 114 Å². The van der Waals surface area contributed by atoms with Gasteiger partial charge in [0.05, 0.1) is 0 Å². The van der Waals surface area contributed by atoms with Crippen LogP contribution in [0.4, 0.5) is 17.1 Å². The predicted molar refractivity (Wildman–Crippen MR) is 131 cm³/mol. The molecule has 0 heterocycles. The van der Waals surface area contributed by atoms with Gasteiger partial charge in [0.25, 0.3) is 11.8 Å². The number of rotatable bonds is 6. The number of hydrogen-bond acceptors (Lipinski definition) is 4. The molecule has 2 amide bonds. The molecule has 0 aliphatic heterocycles. The Morgan fingerprint density at radius 3 is 1.48 bits per heavy atom. The van der Waals surface area contributed by atoms with Crippen LogP contribution in [0.3, 0.4) is 0 Å². The van der Waals surface area contributed by atoms with Gasteiger partial charge in [-0.15, -0.1) is 0 Å². The number of amides is 2. The lowest BCUT2D eigenvalue weighted by atomic mass is 10.1. The van der Waals surface area contributed by atoms with Gasteiger partial charge >= 0.3 is 0 Å². The zero-order valence-corrected chi connectivity index (χ0v) is 18.0. The molecule has 0 unspecified atom stereocenters. The van der Waals surface area contributed by atoms with E-state index >= 15 is 0 Å². The Kier molecular flexibility index (Phi) is 6.36. The number of nitrogens with two attached hydrogens (primary N) is 1. The number of ether oxygens (including phenoxy) is 1. The standard InChI is InChI=1S/C27H23N3O3/c1-18-2-14-24(15-3-18)33-25-16-12-23(13-17-25)30-27(32)20-6-10-22(11-7-20)29-26(31)19-4-8-21(28)9-5-19/h2-17H,28H2,1H3,(H,29,31)(H,30,32). The fourth-order valence-electron chi connectivity index (χ4n) is 3.09. The third-order valence-electron chi connectivity index (χ3n) is 4.95. The first-order valence-corrected chi connectivity index (χ1v) is 10.4. The summed E-state index contributed by atoms with van der Waals surface area (Å²) in [6, 6.07) is 28.3. The molecule has 0 aliphatic rings. The molecule has 0 fully saturated rings. The van der Waals surface area contributed by atoms with Crippen molar-refractivity contribution in [2.75, 3.05) is 16.4 Å². The van der Waals surface area contributed by atoms with Gasteiger partial charge in [-0.2, -0.15) is 0 Å². The molecular formula is C27H23N3O3. The maximum atomic E-state index is 12.6. The van der Waals surface area contributed by atoms with Crippen molar-refractivity contribution in [2.45, 2.75) is 6.92 Å². The highest BCUT2D eigenvalue weighted by atomic mass is 16.5. The van der Waals surface area contributed by atoms with Crippen LogP contribution < -0.4 is 21.1 Å². The number of carbonyl (C=O) groups is 2. The molecule has 4 N–H and O–H groups in total. The highest BCUT2D eigenvalue weighted by Gasteiger charge is 2.09. The van der Waals surface area contributed by atoms with Gasteiger partial charge in [0.15, 0.2) is 0 Å². The Bertz CT molecular complexity index is 1250. The van der Waals surface area contributed by atoms with Gasteiger partial charge in [0.1, 0.15) is 11.5 Å². The zero-order chi connectivity index (χ0) is 23.2. The fourth-order valence-corrected chi connectivity index (χ4v) is 3.09. The molecule has 6 heteroatoms. The second kappa shape index (κ2) is 9.70. The molecule has 0 bridgehead atoms. The van der Waals surface area contributed by atoms with Gasteiger partial charge in [0.2, 0.25) is 0 Å². The Balaban J connectivity index is 1.34. The average molecular weight is 437 g/mol. The highest BCUT2D eigenvalue weighted by Crippen LogP contribution is 2.23. The second-order valence-electron chi connectivity index (χ2n) is 7.55. The Hall–Kier alpha value is -4.58. The van der Waals surface area contributed by atoms with Crippen LogP contribution in [0.5, 0.6) is 11.5 Å². The minimum atomic E-state index is -0.251. The van der Waals surface area contributed by atoms with Crippen molar-refractivity contribution in [3.8, 4) is 11.5 Å². The Morgan fingerprint density at radius 1 is 0.606 bits per heavy atom. The van der Waals surface area contributed by atoms with E-state index in [4.69, 9.17) is 10.5 Å². The van der Waals surface area contributed by atoms with E-state index in [1.165, 1.54) is 0 Å². The number of nitrogens with one attached hydrogen (secondary N) is 2. The van der Waals surface area contributed by atoms with Gasteiger partial charge in [-0.05, 0) is 91.9 Å². The smallest absolute Gasteiger partial charge is 0.255 e. The quantitative estimate of drug-likeness (QED) is 0.329. The zero-order valence-electron chi connectivity index (χ0n) is 18.0. The first kappa shape index (κ1) is 21.6. The lowest BCUT2D eigenvalue weighted by Gasteiger charge is -2.09. The van der Waals surface area contributed by atoms with Crippen LogP contribution in [-0.2, 0) is 0 Å². The number of nitrogen functional groups attached to an aromatic ring is 1. The molecular weight excluding hydrogens is 414 g/mol. The highest BCUT2D eigenvalue weighted by molar-refractivity contribution is 6.06. The van der Waals surface area contributed by atoms with Crippen LogP contribution in [0, 0.1) is 6.92 Å². The Morgan fingerprint density at radius 2 is 1.00 bits per heavy atom. The summed E-state index contributed by atoms with van der Waals surface area (Å²) in [5.41, 5.74) is 9.62. The number of benzene rings is 4. The normalized spacial score (nSPS) is 10.3. The van der Waals surface area contributed by atoms with E-state index in [1.54, 1.807) is 72.8 Å². The van der Waals surface area contributed by atoms with Gasteiger partial charge in [-0.1, -0.05) is 17.7 Å². The predicted octanol–water partition coefficient (Wildman–Crippen LogP) is 5.87. The summed E-state index contributed by atoms with van der Waals surface area (Å²) < 4.78 is 5.81.